The van der Waals surface area contributed by atoms with E-state index in [1.54, 1.807) is 6.21 Å². The maximum atomic E-state index is 12.3. The van der Waals surface area contributed by atoms with Crippen LogP contribution in [-0.2, 0) is 11.3 Å². The zero-order valence-electron chi connectivity index (χ0n) is 16.7. The van der Waals surface area contributed by atoms with Crippen molar-refractivity contribution in [2.75, 3.05) is 19.0 Å². The van der Waals surface area contributed by atoms with E-state index in [0.29, 0.717) is 13.0 Å². The van der Waals surface area contributed by atoms with Gasteiger partial charge in [0.1, 0.15) is 0 Å². The van der Waals surface area contributed by atoms with Gasteiger partial charge in [-0.15, -0.1) is 0 Å². The van der Waals surface area contributed by atoms with Crippen LogP contribution in [0.5, 0.6) is 0 Å². The largest absolute Gasteiger partial charge is 0.378 e. The van der Waals surface area contributed by atoms with Crippen LogP contribution in [0.15, 0.2) is 77.9 Å². The number of hydrogen-bond acceptors (Lipinski definition) is 3. The Morgan fingerprint density at radius 2 is 1.52 bits per heavy atom. The van der Waals surface area contributed by atoms with Crippen LogP contribution >= 0.6 is 0 Å². The smallest absolute Gasteiger partial charge is 0.241 e. The maximum absolute atomic E-state index is 12.3. The molecule has 146 valence electrons. The van der Waals surface area contributed by atoms with Crippen LogP contribution in [0.1, 0.15) is 12.0 Å². The fourth-order valence-electron chi connectivity index (χ4n) is 3.55. The summed E-state index contributed by atoms with van der Waals surface area (Å²) in [6.07, 6.45) is 2.03. The summed E-state index contributed by atoms with van der Waals surface area (Å²) >= 11 is 0. The molecule has 0 spiro atoms. The van der Waals surface area contributed by atoms with Crippen LogP contribution < -0.4 is 10.3 Å². The number of fused-ring (bicyclic) bond motifs is 3. The van der Waals surface area contributed by atoms with E-state index in [9.17, 15) is 4.79 Å². The lowest BCUT2D eigenvalue weighted by Crippen LogP contribution is -2.19. The number of aromatic nitrogens is 1. The van der Waals surface area contributed by atoms with Gasteiger partial charge in [-0.2, -0.15) is 5.10 Å². The molecule has 0 saturated heterocycles. The Bertz CT molecular complexity index is 1120. The SMILES string of the molecule is CN(C)c1ccc(/C=N/NC(=O)CCn2c3ccccc3c3ccccc32)cc1. The molecule has 0 saturated carbocycles. The van der Waals surface area contributed by atoms with E-state index in [2.05, 4.69) is 39.4 Å². The average Bonchev–Trinajstić information content (AvgIpc) is 3.06. The van der Waals surface area contributed by atoms with Crippen LogP contribution in [-0.4, -0.2) is 30.8 Å². The van der Waals surface area contributed by atoms with Crippen LogP contribution in [0.4, 0.5) is 5.69 Å². The summed E-state index contributed by atoms with van der Waals surface area (Å²) in [6, 6.07) is 24.6. The van der Waals surface area contributed by atoms with Crippen molar-refractivity contribution in [3.8, 4) is 0 Å². The number of benzene rings is 3. The second kappa shape index (κ2) is 8.19. The molecule has 1 N–H and O–H groups in total. The van der Waals surface area contributed by atoms with Crippen molar-refractivity contribution >= 4 is 39.6 Å². The summed E-state index contributed by atoms with van der Waals surface area (Å²) in [4.78, 5) is 14.3. The fourth-order valence-corrected chi connectivity index (χ4v) is 3.55. The number of carbonyl (C=O) groups is 1. The number of hydrogen-bond donors (Lipinski definition) is 1. The number of anilines is 1. The minimum atomic E-state index is -0.104. The van der Waals surface area contributed by atoms with Gasteiger partial charge in [0.15, 0.2) is 0 Å². The first kappa shape index (κ1) is 18.7. The summed E-state index contributed by atoms with van der Waals surface area (Å²) in [5.41, 5.74) is 6.99. The standard InChI is InChI=1S/C24H24N4O/c1-27(2)19-13-11-18(12-14-19)17-25-26-24(29)15-16-28-22-9-5-3-7-20(22)21-8-4-6-10-23(21)28/h3-14,17H,15-16H2,1-2H3,(H,26,29)/b25-17+. The van der Waals surface area contributed by atoms with Crippen LogP contribution in [0.3, 0.4) is 0 Å². The second-order valence-corrected chi connectivity index (χ2v) is 7.22. The number of nitrogens with zero attached hydrogens (tertiary/aromatic N) is 3. The lowest BCUT2D eigenvalue weighted by Gasteiger charge is -2.11. The summed E-state index contributed by atoms with van der Waals surface area (Å²) in [5, 5.41) is 6.51. The third kappa shape index (κ3) is 3.99. The highest BCUT2D eigenvalue weighted by molar-refractivity contribution is 6.08. The zero-order valence-corrected chi connectivity index (χ0v) is 16.7. The molecule has 0 aliphatic heterocycles. The lowest BCUT2D eigenvalue weighted by atomic mass is 10.2. The molecule has 29 heavy (non-hydrogen) atoms. The Morgan fingerprint density at radius 1 is 0.931 bits per heavy atom. The minimum absolute atomic E-state index is 0.104. The molecule has 1 heterocycles. The first-order chi connectivity index (χ1) is 14.1. The van der Waals surface area contributed by atoms with Crippen molar-refractivity contribution in [3.05, 3.63) is 78.4 Å². The molecular formula is C24H24N4O. The van der Waals surface area contributed by atoms with Gasteiger partial charge >= 0.3 is 0 Å². The van der Waals surface area contributed by atoms with Crippen LogP contribution in [0, 0.1) is 0 Å². The molecule has 5 heteroatoms. The number of rotatable bonds is 6. The van der Waals surface area contributed by atoms with Gasteiger partial charge in [-0.05, 0) is 29.8 Å². The minimum Gasteiger partial charge on any atom is -0.378 e. The van der Waals surface area contributed by atoms with E-state index in [1.165, 1.54) is 10.8 Å². The first-order valence-electron chi connectivity index (χ1n) is 9.69. The number of para-hydroxylation sites is 2. The lowest BCUT2D eigenvalue weighted by molar-refractivity contribution is -0.121. The van der Waals surface area contributed by atoms with Gasteiger partial charge in [0.25, 0.3) is 0 Å². The van der Waals surface area contributed by atoms with E-state index in [4.69, 9.17) is 0 Å². The highest BCUT2D eigenvalue weighted by Gasteiger charge is 2.10. The maximum Gasteiger partial charge on any atom is 0.241 e. The number of hydrazone groups is 1. The Labute approximate surface area is 170 Å². The summed E-state index contributed by atoms with van der Waals surface area (Å²) < 4.78 is 2.20. The van der Waals surface area contributed by atoms with Crippen molar-refractivity contribution in [1.29, 1.82) is 0 Å². The molecule has 5 nitrogen and oxygen atoms in total. The fraction of sp³-hybridized carbons (Fsp3) is 0.167. The van der Waals surface area contributed by atoms with E-state index in [0.717, 1.165) is 22.3 Å². The van der Waals surface area contributed by atoms with E-state index < -0.39 is 0 Å². The van der Waals surface area contributed by atoms with E-state index in [-0.39, 0.29) is 5.91 Å². The molecular weight excluding hydrogens is 360 g/mol. The highest BCUT2D eigenvalue weighted by atomic mass is 16.2. The van der Waals surface area contributed by atoms with Gasteiger partial charge in [0, 0.05) is 54.6 Å². The Balaban J connectivity index is 1.42. The Hall–Kier alpha value is -3.60. The summed E-state index contributed by atoms with van der Waals surface area (Å²) in [5.74, 6) is -0.104. The molecule has 0 atom stereocenters. The molecule has 1 amide bonds. The van der Waals surface area contributed by atoms with Gasteiger partial charge in [-0.1, -0.05) is 48.5 Å². The Morgan fingerprint density at radius 3 is 2.10 bits per heavy atom. The van der Waals surface area contributed by atoms with Gasteiger partial charge in [0.2, 0.25) is 5.91 Å². The van der Waals surface area contributed by atoms with E-state index >= 15 is 0 Å². The number of aryl methyl sites for hydroxylation is 1. The first-order valence-corrected chi connectivity index (χ1v) is 9.69. The third-order valence-electron chi connectivity index (χ3n) is 5.05. The predicted octanol–water partition coefficient (Wildman–Crippen LogP) is 4.40. The summed E-state index contributed by atoms with van der Waals surface area (Å²) in [6.45, 7) is 0.604. The Kier molecular flexibility index (Phi) is 5.29. The average molecular weight is 384 g/mol. The molecule has 4 rings (SSSR count). The van der Waals surface area contributed by atoms with Crippen molar-refractivity contribution < 1.29 is 4.79 Å². The molecule has 4 aromatic rings. The topological polar surface area (TPSA) is 49.6 Å². The quantitative estimate of drug-likeness (QED) is 0.396. The van der Waals surface area contributed by atoms with Gasteiger partial charge in [0.05, 0.1) is 6.21 Å². The van der Waals surface area contributed by atoms with Crippen molar-refractivity contribution in [3.63, 3.8) is 0 Å². The number of amides is 1. The van der Waals surface area contributed by atoms with Crippen LogP contribution in [0.2, 0.25) is 0 Å². The van der Waals surface area contributed by atoms with Crippen LogP contribution in [0.25, 0.3) is 21.8 Å². The molecule has 0 aliphatic carbocycles. The predicted molar refractivity (Wildman–Crippen MR) is 121 cm³/mol. The summed E-state index contributed by atoms with van der Waals surface area (Å²) in [7, 11) is 4.00. The monoisotopic (exact) mass is 384 g/mol. The van der Waals surface area contributed by atoms with Crippen molar-refractivity contribution in [2.45, 2.75) is 13.0 Å². The molecule has 0 fully saturated rings. The van der Waals surface area contributed by atoms with Gasteiger partial charge < -0.3 is 9.47 Å². The van der Waals surface area contributed by atoms with Gasteiger partial charge in [-0.3, -0.25) is 4.79 Å². The third-order valence-corrected chi connectivity index (χ3v) is 5.05. The molecule has 0 radical (unpaired) electrons. The van der Waals surface area contributed by atoms with Gasteiger partial charge in [-0.25, -0.2) is 5.43 Å². The number of carbonyl (C=O) groups excluding carboxylic acids is 1. The highest BCUT2D eigenvalue weighted by Crippen LogP contribution is 2.28. The van der Waals surface area contributed by atoms with Crippen molar-refractivity contribution in [2.24, 2.45) is 5.10 Å². The van der Waals surface area contributed by atoms with E-state index in [1.807, 2.05) is 67.5 Å². The zero-order chi connectivity index (χ0) is 20.2. The number of nitrogens with one attached hydrogen (secondary N) is 1. The molecule has 0 aliphatic rings. The molecule has 1 aromatic heterocycles. The normalized spacial score (nSPS) is 11.4. The second-order valence-electron chi connectivity index (χ2n) is 7.22. The molecule has 0 bridgehead atoms. The molecule has 3 aromatic carbocycles. The molecule has 0 unspecified atom stereocenters. The van der Waals surface area contributed by atoms with Crippen molar-refractivity contribution in [1.82, 2.24) is 9.99 Å².